The summed E-state index contributed by atoms with van der Waals surface area (Å²) in [7, 11) is 0. The molecule has 0 saturated carbocycles. The first-order valence-electron chi connectivity index (χ1n) is 8.58. The monoisotopic (exact) mass is 373 g/mol. The number of carbonyl (C=O) groups is 1. The normalized spacial score (nSPS) is 18.2. The van der Waals surface area contributed by atoms with Gasteiger partial charge in [0.05, 0.1) is 16.9 Å². The van der Waals surface area contributed by atoms with Crippen LogP contribution in [0.2, 0.25) is 5.02 Å². The highest BCUT2D eigenvalue weighted by molar-refractivity contribution is 6.33. The van der Waals surface area contributed by atoms with Crippen molar-refractivity contribution in [2.75, 3.05) is 5.32 Å². The Kier molecular flexibility index (Phi) is 5.69. The van der Waals surface area contributed by atoms with E-state index in [4.69, 9.17) is 17.3 Å². The first-order chi connectivity index (χ1) is 12.5. The first kappa shape index (κ1) is 18.5. The van der Waals surface area contributed by atoms with Gasteiger partial charge in [-0.15, -0.1) is 0 Å². The molecule has 0 spiro atoms. The molecule has 2 atom stereocenters. The van der Waals surface area contributed by atoms with E-state index >= 15 is 0 Å². The molecular weight excluding hydrogens is 353 g/mol. The molecule has 0 aliphatic heterocycles. The molecule has 3 N–H and O–H groups in total. The second kappa shape index (κ2) is 7.98. The molecule has 3 rings (SSSR count). The maximum atomic E-state index is 13.1. The minimum Gasteiger partial charge on any atom is -0.325 e. The van der Waals surface area contributed by atoms with Gasteiger partial charge < -0.3 is 11.1 Å². The third kappa shape index (κ3) is 4.11. The molecule has 1 heterocycles. The molecule has 1 amide bonds. The number of amides is 1. The summed E-state index contributed by atoms with van der Waals surface area (Å²) in [5.41, 5.74) is 9.36. The molecule has 26 heavy (non-hydrogen) atoms. The molecule has 1 aliphatic rings. The highest BCUT2D eigenvalue weighted by Gasteiger charge is 2.26. The van der Waals surface area contributed by atoms with Crippen molar-refractivity contribution in [1.29, 1.82) is 0 Å². The number of aryl methyl sites for hydroxylation is 1. The van der Waals surface area contributed by atoms with E-state index in [0.717, 1.165) is 16.8 Å². The summed E-state index contributed by atoms with van der Waals surface area (Å²) >= 11 is 6.27. The van der Waals surface area contributed by atoms with Gasteiger partial charge in [0.2, 0.25) is 5.91 Å². The van der Waals surface area contributed by atoms with Crippen molar-refractivity contribution in [3.63, 3.8) is 0 Å². The van der Waals surface area contributed by atoms with Gasteiger partial charge in [-0.05, 0) is 55.9 Å². The van der Waals surface area contributed by atoms with Crippen molar-refractivity contribution in [1.82, 2.24) is 4.98 Å². The quantitative estimate of drug-likeness (QED) is 0.821. The molecule has 2 aromatic rings. The lowest BCUT2D eigenvalue weighted by atomic mass is 9.87. The molecule has 0 saturated heterocycles. The summed E-state index contributed by atoms with van der Waals surface area (Å²) in [6.45, 7) is 1.90. The Labute approximate surface area is 157 Å². The summed E-state index contributed by atoms with van der Waals surface area (Å²) < 4.78 is 13.1. The van der Waals surface area contributed by atoms with Crippen molar-refractivity contribution in [2.24, 2.45) is 11.7 Å². The summed E-state index contributed by atoms with van der Waals surface area (Å²) in [6, 6.07) is 8.48. The second-order valence-electron chi connectivity index (χ2n) is 6.53. The molecular formula is C20H21ClFN3O. The number of hydrogen-bond acceptors (Lipinski definition) is 3. The van der Waals surface area contributed by atoms with Crippen LogP contribution in [0.15, 0.2) is 48.4 Å². The number of halogens is 2. The zero-order valence-corrected chi connectivity index (χ0v) is 15.3. The van der Waals surface area contributed by atoms with Crippen molar-refractivity contribution < 1.29 is 9.18 Å². The highest BCUT2D eigenvalue weighted by Crippen LogP contribution is 2.31. The number of aromatic nitrogens is 1. The van der Waals surface area contributed by atoms with Crippen molar-refractivity contribution >= 4 is 23.2 Å². The lowest BCUT2D eigenvalue weighted by molar-refractivity contribution is -0.118. The van der Waals surface area contributed by atoms with Gasteiger partial charge in [0.25, 0.3) is 0 Å². The molecule has 6 heteroatoms. The fraction of sp³-hybridized carbons (Fsp3) is 0.300. The predicted octanol–water partition coefficient (Wildman–Crippen LogP) is 4.63. The molecule has 136 valence electrons. The van der Waals surface area contributed by atoms with E-state index in [-0.39, 0.29) is 17.7 Å². The summed E-state index contributed by atoms with van der Waals surface area (Å²) in [5, 5.41) is 3.46. The average molecular weight is 374 g/mol. The van der Waals surface area contributed by atoms with Crippen LogP contribution in [0.4, 0.5) is 10.1 Å². The van der Waals surface area contributed by atoms with Crippen LogP contribution in [0.5, 0.6) is 0 Å². The van der Waals surface area contributed by atoms with E-state index in [0.29, 0.717) is 30.0 Å². The number of allylic oxidation sites excluding steroid dienone is 2. The number of nitrogens with one attached hydrogen (secondary N) is 1. The van der Waals surface area contributed by atoms with Gasteiger partial charge in [0.15, 0.2) is 0 Å². The Morgan fingerprint density at radius 3 is 2.69 bits per heavy atom. The number of hydrogen-bond donors (Lipinski definition) is 2. The fourth-order valence-corrected chi connectivity index (χ4v) is 3.49. The van der Waals surface area contributed by atoms with Crippen LogP contribution in [0.1, 0.15) is 25.0 Å². The van der Waals surface area contributed by atoms with Crippen LogP contribution < -0.4 is 11.1 Å². The molecule has 1 unspecified atom stereocenters. The van der Waals surface area contributed by atoms with Gasteiger partial charge in [-0.3, -0.25) is 9.78 Å². The number of carbonyl (C=O) groups excluding carboxylic acids is 1. The van der Waals surface area contributed by atoms with E-state index in [1.165, 1.54) is 6.08 Å². The van der Waals surface area contributed by atoms with Crippen molar-refractivity contribution in [3.05, 3.63) is 59.1 Å². The Hall–Kier alpha value is -2.24. The molecule has 1 aromatic heterocycles. The topological polar surface area (TPSA) is 68.0 Å². The van der Waals surface area contributed by atoms with E-state index in [1.807, 2.05) is 31.2 Å². The largest absolute Gasteiger partial charge is 0.325 e. The average Bonchev–Trinajstić information content (AvgIpc) is 2.63. The van der Waals surface area contributed by atoms with Crippen LogP contribution in [0.3, 0.4) is 0 Å². The smallest absolute Gasteiger partial charge is 0.241 e. The third-order valence-electron chi connectivity index (χ3n) is 4.74. The minimum atomic E-state index is -0.658. The molecule has 4 nitrogen and oxygen atoms in total. The van der Waals surface area contributed by atoms with Crippen LogP contribution in [0.25, 0.3) is 11.1 Å². The standard InChI is InChI=1S/C20H21ClFN3O/c1-12-18(17(21)10-11-24-12)13-4-8-16(9-5-13)25-20(26)19(23)14-2-6-15(22)7-3-14/h4-6,8-11,14,19H,2-3,7,23H2,1H3,(H,25,26)/t14?,19-/m0/s1. The van der Waals surface area contributed by atoms with E-state index in [9.17, 15) is 9.18 Å². The van der Waals surface area contributed by atoms with Gasteiger partial charge >= 0.3 is 0 Å². The summed E-state index contributed by atoms with van der Waals surface area (Å²) in [5.74, 6) is -0.409. The van der Waals surface area contributed by atoms with Gasteiger partial charge in [-0.1, -0.05) is 29.8 Å². The lowest BCUT2D eigenvalue weighted by Gasteiger charge is -2.24. The van der Waals surface area contributed by atoms with E-state index < -0.39 is 6.04 Å². The van der Waals surface area contributed by atoms with E-state index in [1.54, 1.807) is 12.3 Å². The van der Waals surface area contributed by atoms with Crippen molar-refractivity contribution in [3.8, 4) is 11.1 Å². The number of anilines is 1. The number of rotatable bonds is 4. The maximum Gasteiger partial charge on any atom is 0.241 e. The number of pyridine rings is 1. The zero-order valence-electron chi connectivity index (χ0n) is 14.5. The van der Waals surface area contributed by atoms with Gasteiger partial charge in [0.1, 0.15) is 0 Å². The van der Waals surface area contributed by atoms with Gasteiger partial charge in [-0.2, -0.15) is 0 Å². The van der Waals surface area contributed by atoms with Crippen LogP contribution in [0, 0.1) is 12.8 Å². The molecule has 0 bridgehead atoms. The molecule has 0 radical (unpaired) electrons. The van der Waals surface area contributed by atoms with Crippen molar-refractivity contribution in [2.45, 2.75) is 32.2 Å². The maximum absolute atomic E-state index is 13.1. The SMILES string of the molecule is Cc1nccc(Cl)c1-c1ccc(NC(=O)[C@@H](N)C2CC=C(F)CC2)cc1. The summed E-state index contributed by atoms with van der Waals surface area (Å²) in [4.78, 5) is 16.6. The molecule has 1 aliphatic carbocycles. The van der Waals surface area contributed by atoms with Gasteiger partial charge in [-0.25, -0.2) is 4.39 Å². The zero-order chi connectivity index (χ0) is 18.7. The lowest BCUT2D eigenvalue weighted by Crippen LogP contribution is -2.42. The Morgan fingerprint density at radius 2 is 2.08 bits per heavy atom. The fourth-order valence-electron chi connectivity index (χ4n) is 3.19. The molecule has 0 fully saturated rings. The van der Waals surface area contributed by atoms with E-state index in [2.05, 4.69) is 10.3 Å². The predicted molar refractivity (Wildman–Crippen MR) is 103 cm³/mol. The van der Waals surface area contributed by atoms with Crippen LogP contribution in [-0.2, 0) is 4.79 Å². The Balaban J connectivity index is 1.68. The number of nitrogens with zero attached hydrogens (tertiary/aromatic N) is 1. The Bertz CT molecular complexity index is 815. The summed E-state index contributed by atoms with van der Waals surface area (Å²) in [6.07, 6.45) is 4.64. The second-order valence-corrected chi connectivity index (χ2v) is 6.94. The van der Waals surface area contributed by atoms with Crippen LogP contribution in [-0.4, -0.2) is 16.9 Å². The first-order valence-corrected chi connectivity index (χ1v) is 8.96. The number of nitrogens with two attached hydrogens (primary N) is 1. The molecule has 1 aromatic carbocycles. The number of benzene rings is 1. The van der Waals surface area contributed by atoms with Crippen LogP contribution >= 0.6 is 11.6 Å². The minimum absolute atomic E-state index is 0.0365. The van der Waals surface area contributed by atoms with Gasteiger partial charge in [0, 0.05) is 23.1 Å². The third-order valence-corrected chi connectivity index (χ3v) is 5.05. The Morgan fingerprint density at radius 1 is 1.35 bits per heavy atom. The highest BCUT2D eigenvalue weighted by atomic mass is 35.5.